The molecule has 3 rings (SSSR count). The number of likely N-dealkylation sites (tertiary alicyclic amines) is 1. The van der Waals surface area contributed by atoms with Crippen LogP contribution in [-0.2, 0) is 0 Å². The lowest BCUT2D eigenvalue weighted by atomic mass is 9.91. The van der Waals surface area contributed by atoms with Crippen LogP contribution in [-0.4, -0.2) is 41.1 Å². The number of furan rings is 1. The van der Waals surface area contributed by atoms with Crippen LogP contribution < -0.4 is 5.73 Å². The van der Waals surface area contributed by atoms with Gasteiger partial charge in [-0.25, -0.2) is 0 Å². The Morgan fingerprint density at radius 1 is 1.32 bits per heavy atom. The van der Waals surface area contributed by atoms with Crippen molar-refractivity contribution in [2.24, 2.45) is 5.73 Å². The molecule has 0 atom stereocenters. The second-order valence-corrected chi connectivity index (χ2v) is 6.30. The summed E-state index contributed by atoms with van der Waals surface area (Å²) in [5, 5.41) is 11.0. The van der Waals surface area contributed by atoms with E-state index in [9.17, 15) is 9.90 Å². The number of fused-ring (bicyclic) bond motifs is 1. The fourth-order valence-corrected chi connectivity index (χ4v) is 2.95. The van der Waals surface area contributed by atoms with Crippen LogP contribution in [0.15, 0.2) is 22.8 Å². The molecule has 2 aromatic rings. The largest absolute Gasteiger partial charge is 0.463 e. The van der Waals surface area contributed by atoms with Gasteiger partial charge in [-0.15, -0.1) is 0 Å². The highest BCUT2D eigenvalue weighted by atomic mass is 16.3. The van der Waals surface area contributed by atoms with E-state index in [0.29, 0.717) is 31.5 Å². The SMILES string of the molecule is Cc1cc2occ(C(=O)N3CCC(O)(CN)CC3)c2cc1C. The van der Waals surface area contributed by atoms with E-state index >= 15 is 0 Å². The standard InChI is InChI=1S/C17H22N2O3/c1-11-7-13-14(9-22-15(13)8-12(11)2)16(20)19-5-3-17(21,10-18)4-6-19/h7-9,21H,3-6,10,18H2,1-2H3. The number of aryl methyl sites for hydroxylation is 2. The van der Waals surface area contributed by atoms with Gasteiger partial charge in [-0.1, -0.05) is 0 Å². The summed E-state index contributed by atoms with van der Waals surface area (Å²) in [5.41, 5.74) is 8.37. The van der Waals surface area contributed by atoms with Crippen molar-refractivity contribution in [1.82, 2.24) is 4.90 Å². The van der Waals surface area contributed by atoms with Crippen LogP contribution in [0, 0.1) is 13.8 Å². The Hall–Kier alpha value is -1.85. The van der Waals surface area contributed by atoms with Crippen LogP contribution in [0.2, 0.25) is 0 Å². The number of nitrogens with zero attached hydrogens (tertiary/aromatic N) is 1. The molecule has 0 spiro atoms. The first-order valence-electron chi connectivity index (χ1n) is 7.64. The van der Waals surface area contributed by atoms with Gasteiger partial charge in [0.05, 0.1) is 11.2 Å². The van der Waals surface area contributed by atoms with Gasteiger partial charge in [-0.3, -0.25) is 4.79 Å². The smallest absolute Gasteiger partial charge is 0.257 e. The van der Waals surface area contributed by atoms with Gasteiger partial charge in [0.2, 0.25) is 0 Å². The maximum absolute atomic E-state index is 12.7. The summed E-state index contributed by atoms with van der Waals surface area (Å²) in [6, 6.07) is 3.96. The highest BCUT2D eigenvalue weighted by molar-refractivity contribution is 6.06. The molecule has 0 unspecified atom stereocenters. The van der Waals surface area contributed by atoms with E-state index in [4.69, 9.17) is 10.2 Å². The van der Waals surface area contributed by atoms with Gasteiger partial charge in [0, 0.05) is 25.0 Å². The number of nitrogens with two attached hydrogens (primary N) is 1. The van der Waals surface area contributed by atoms with Gasteiger partial charge in [0.1, 0.15) is 11.8 Å². The van der Waals surface area contributed by atoms with Crippen LogP contribution in [0.3, 0.4) is 0 Å². The minimum atomic E-state index is -0.830. The Balaban J connectivity index is 1.86. The zero-order valence-corrected chi connectivity index (χ0v) is 13.1. The van der Waals surface area contributed by atoms with Crippen molar-refractivity contribution in [3.05, 3.63) is 35.1 Å². The number of hydrogen-bond acceptors (Lipinski definition) is 4. The lowest BCUT2D eigenvalue weighted by Gasteiger charge is -2.37. The average molecular weight is 302 g/mol. The zero-order valence-electron chi connectivity index (χ0n) is 13.1. The second kappa shape index (κ2) is 5.41. The summed E-state index contributed by atoms with van der Waals surface area (Å²) in [6.45, 7) is 5.33. The van der Waals surface area contributed by atoms with Crippen LogP contribution >= 0.6 is 0 Å². The number of hydrogen-bond donors (Lipinski definition) is 2. The Kier molecular flexibility index (Phi) is 3.70. The fourth-order valence-electron chi connectivity index (χ4n) is 2.95. The number of carbonyl (C=O) groups excluding carboxylic acids is 1. The van der Waals surface area contributed by atoms with Gasteiger partial charge in [-0.05, 0) is 49.9 Å². The molecule has 0 bridgehead atoms. The van der Waals surface area contributed by atoms with E-state index in [-0.39, 0.29) is 12.5 Å². The van der Waals surface area contributed by atoms with Crippen molar-refractivity contribution in [2.45, 2.75) is 32.3 Å². The molecule has 1 aromatic heterocycles. The van der Waals surface area contributed by atoms with E-state index in [1.807, 2.05) is 26.0 Å². The van der Waals surface area contributed by atoms with Crippen LogP contribution in [0.1, 0.15) is 34.3 Å². The predicted octanol–water partition coefficient (Wildman–Crippen LogP) is 1.98. The average Bonchev–Trinajstić information content (AvgIpc) is 2.90. The maximum atomic E-state index is 12.7. The minimum absolute atomic E-state index is 0.0407. The molecule has 22 heavy (non-hydrogen) atoms. The quantitative estimate of drug-likeness (QED) is 0.889. The first-order chi connectivity index (χ1) is 10.4. The van der Waals surface area contributed by atoms with Crippen molar-refractivity contribution in [3.63, 3.8) is 0 Å². The lowest BCUT2D eigenvalue weighted by molar-refractivity contribution is -0.00948. The van der Waals surface area contributed by atoms with Crippen molar-refractivity contribution < 1.29 is 14.3 Å². The van der Waals surface area contributed by atoms with E-state index in [0.717, 1.165) is 22.1 Å². The molecule has 1 aliphatic rings. The summed E-state index contributed by atoms with van der Waals surface area (Å²) >= 11 is 0. The molecule has 2 heterocycles. The summed E-state index contributed by atoms with van der Waals surface area (Å²) in [5.74, 6) is -0.0407. The molecule has 5 heteroatoms. The summed E-state index contributed by atoms with van der Waals surface area (Å²) in [4.78, 5) is 14.5. The summed E-state index contributed by atoms with van der Waals surface area (Å²) in [7, 11) is 0. The number of amides is 1. The molecule has 1 amide bonds. The van der Waals surface area contributed by atoms with Crippen molar-refractivity contribution in [2.75, 3.05) is 19.6 Å². The third-order valence-electron chi connectivity index (χ3n) is 4.78. The molecule has 0 radical (unpaired) electrons. The van der Waals surface area contributed by atoms with E-state index in [1.165, 1.54) is 6.26 Å². The van der Waals surface area contributed by atoms with Gasteiger partial charge < -0.3 is 20.2 Å². The Morgan fingerprint density at radius 3 is 2.59 bits per heavy atom. The molecular formula is C17H22N2O3. The number of aliphatic hydroxyl groups is 1. The molecule has 0 saturated carbocycles. The highest BCUT2D eigenvalue weighted by Crippen LogP contribution is 2.28. The maximum Gasteiger partial charge on any atom is 0.257 e. The monoisotopic (exact) mass is 302 g/mol. The molecule has 3 N–H and O–H groups in total. The number of carbonyl (C=O) groups is 1. The van der Waals surface area contributed by atoms with Crippen molar-refractivity contribution in [1.29, 1.82) is 0 Å². The first-order valence-corrected chi connectivity index (χ1v) is 7.64. The van der Waals surface area contributed by atoms with E-state index in [1.54, 1.807) is 4.90 Å². The van der Waals surface area contributed by atoms with Crippen LogP contribution in [0.4, 0.5) is 0 Å². The van der Waals surface area contributed by atoms with E-state index in [2.05, 4.69) is 0 Å². The van der Waals surface area contributed by atoms with Crippen molar-refractivity contribution in [3.8, 4) is 0 Å². The van der Waals surface area contributed by atoms with Gasteiger partial charge >= 0.3 is 0 Å². The molecule has 1 aromatic carbocycles. The molecule has 1 saturated heterocycles. The Morgan fingerprint density at radius 2 is 1.95 bits per heavy atom. The third-order valence-corrected chi connectivity index (χ3v) is 4.78. The topological polar surface area (TPSA) is 79.7 Å². The molecule has 118 valence electrons. The first kappa shape index (κ1) is 15.1. The van der Waals surface area contributed by atoms with E-state index < -0.39 is 5.60 Å². The normalized spacial score (nSPS) is 17.9. The molecule has 1 fully saturated rings. The zero-order chi connectivity index (χ0) is 15.9. The molecule has 0 aliphatic carbocycles. The van der Waals surface area contributed by atoms with Gasteiger partial charge in [0.25, 0.3) is 5.91 Å². The minimum Gasteiger partial charge on any atom is -0.463 e. The summed E-state index contributed by atoms with van der Waals surface area (Å²) < 4.78 is 5.54. The molecular weight excluding hydrogens is 280 g/mol. The van der Waals surface area contributed by atoms with Crippen LogP contribution in [0.5, 0.6) is 0 Å². The number of rotatable bonds is 2. The number of piperidine rings is 1. The molecule has 5 nitrogen and oxygen atoms in total. The fraction of sp³-hybridized carbons (Fsp3) is 0.471. The predicted molar refractivity (Wildman–Crippen MR) is 84.8 cm³/mol. The Bertz CT molecular complexity index is 712. The third kappa shape index (κ3) is 2.51. The molecule has 1 aliphatic heterocycles. The lowest BCUT2D eigenvalue weighted by Crippen LogP contribution is -2.50. The van der Waals surface area contributed by atoms with Gasteiger partial charge in [-0.2, -0.15) is 0 Å². The van der Waals surface area contributed by atoms with Crippen LogP contribution in [0.25, 0.3) is 11.0 Å². The summed E-state index contributed by atoms with van der Waals surface area (Å²) in [6.07, 6.45) is 2.57. The highest BCUT2D eigenvalue weighted by Gasteiger charge is 2.33. The van der Waals surface area contributed by atoms with Gasteiger partial charge in [0.15, 0.2) is 0 Å². The second-order valence-electron chi connectivity index (χ2n) is 6.30. The number of benzene rings is 1. The Labute approximate surface area is 129 Å². The van der Waals surface area contributed by atoms with Crippen molar-refractivity contribution >= 4 is 16.9 Å².